The van der Waals surface area contributed by atoms with Crippen LogP contribution in [0.2, 0.25) is 0 Å². The molecule has 3 aromatic carbocycles. The van der Waals surface area contributed by atoms with Gasteiger partial charge in [0.25, 0.3) is 0 Å². The number of aromatic hydroxyl groups is 1. The van der Waals surface area contributed by atoms with Crippen molar-refractivity contribution in [2.24, 2.45) is 22.7 Å². The van der Waals surface area contributed by atoms with Gasteiger partial charge in [-0.15, -0.1) is 0 Å². The highest BCUT2D eigenvalue weighted by Gasteiger charge is 2.52. The zero-order valence-corrected chi connectivity index (χ0v) is 21.1. The molecule has 0 saturated heterocycles. The fraction of sp³-hybridized carbons (Fsp3) is 0.406. The standard InChI is InChI=1S/C32H35NO2/c1-20-11-25(31(34)27(12-20)32-16-22-13-23(17-32)15-24(14-22)18-32)19-33-28-9-6-7-21(2)30(28)26-8-4-5-10-29(26)35-3/h4-12,19,22-24,34H,13-18H2,1-3H3. The van der Waals surface area contributed by atoms with Crippen LogP contribution in [-0.4, -0.2) is 18.4 Å². The molecule has 3 aromatic rings. The van der Waals surface area contributed by atoms with Crippen molar-refractivity contribution in [3.8, 4) is 22.6 Å². The number of rotatable bonds is 5. The molecule has 0 atom stereocenters. The Hall–Kier alpha value is -3.07. The molecule has 0 unspecified atom stereocenters. The second kappa shape index (κ2) is 8.55. The molecule has 0 spiro atoms. The van der Waals surface area contributed by atoms with Crippen molar-refractivity contribution in [3.05, 3.63) is 76.9 Å². The van der Waals surface area contributed by atoms with E-state index in [9.17, 15) is 5.11 Å². The zero-order chi connectivity index (χ0) is 24.2. The molecule has 35 heavy (non-hydrogen) atoms. The topological polar surface area (TPSA) is 41.8 Å². The third-order valence-electron chi connectivity index (χ3n) is 8.86. The van der Waals surface area contributed by atoms with Crippen LogP contribution in [0.5, 0.6) is 11.5 Å². The number of phenols is 1. The number of ether oxygens (including phenoxy) is 1. The first-order chi connectivity index (χ1) is 17.0. The highest BCUT2D eigenvalue weighted by molar-refractivity contribution is 5.90. The average molecular weight is 466 g/mol. The van der Waals surface area contributed by atoms with Gasteiger partial charge in [-0.3, -0.25) is 4.99 Å². The van der Waals surface area contributed by atoms with Crippen molar-refractivity contribution < 1.29 is 9.84 Å². The fourth-order valence-electron chi connectivity index (χ4n) is 7.85. The van der Waals surface area contributed by atoms with Gasteiger partial charge in [-0.1, -0.05) is 36.4 Å². The fourth-order valence-corrected chi connectivity index (χ4v) is 7.85. The molecule has 1 N–H and O–H groups in total. The Balaban J connectivity index is 1.41. The Morgan fingerprint density at radius 3 is 2.29 bits per heavy atom. The summed E-state index contributed by atoms with van der Waals surface area (Å²) < 4.78 is 5.65. The van der Waals surface area contributed by atoms with Crippen LogP contribution in [0, 0.1) is 31.6 Å². The average Bonchev–Trinajstić information content (AvgIpc) is 2.83. The molecule has 7 rings (SSSR count). The lowest BCUT2D eigenvalue weighted by Crippen LogP contribution is -2.48. The summed E-state index contributed by atoms with van der Waals surface area (Å²) in [5.41, 5.74) is 7.47. The van der Waals surface area contributed by atoms with E-state index in [4.69, 9.17) is 9.73 Å². The second-order valence-electron chi connectivity index (χ2n) is 11.4. The molecular formula is C32H35NO2. The van der Waals surface area contributed by atoms with Crippen LogP contribution in [0.15, 0.2) is 59.6 Å². The summed E-state index contributed by atoms with van der Waals surface area (Å²) in [5, 5.41) is 11.6. The molecule has 4 bridgehead atoms. The quantitative estimate of drug-likeness (QED) is 0.389. The molecule has 3 nitrogen and oxygen atoms in total. The van der Waals surface area contributed by atoms with E-state index in [1.807, 2.05) is 36.5 Å². The van der Waals surface area contributed by atoms with E-state index in [2.05, 4.69) is 38.1 Å². The molecule has 0 amide bonds. The van der Waals surface area contributed by atoms with Crippen LogP contribution in [0.1, 0.15) is 60.8 Å². The molecule has 180 valence electrons. The van der Waals surface area contributed by atoms with Gasteiger partial charge in [-0.05, 0) is 105 Å². The minimum atomic E-state index is 0.152. The number of para-hydroxylation sites is 1. The SMILES string of the molecule is COc1ccccc1-c1c(C)cccc1N=Cc1cc(C)cc(C23CC4CC(CC(C4)C2)C3)c1O. The first-order valence-electron chi connectivity index (χ1n) is 13.1. The molecule has 0 aromatic heterocycles. The Labute approximate surface area is 208 Å². The summed E-state index contributed by atoms with van der Waals surface area (Å²) in [7, 11) is 1.71. The van der Waals surface area contributed by atoms with Crippen molar-refractivity contribution >= 4 is 11.9 Å². The number of hydrogen-bond acceptors (Lipinski definition) is 3. The summed E-state index contributed by atoms with van der Waals surface area (Å²) in [6.45, 7) is 4.25. The number of methoxy groups -OCH3 is 1. The van der Waals surface area contributed by atoms with Crippen LogP contribution in [0.4, 0.5) is 5.69 Å². The number of nitrogens with zero attached hydrogens (tertiary/aromatic N) is 1. The zero-order valence-electron chi connectivity index (χ0n) is 21.1. The predicted octanol–water partition coefficient (Wildman–Crippen LogP) is 7.90. The molecule has 3 heteroatoms. The minimum Gasteiger partial charge on any atom is -0.507 e. The highest BCUT2D eigenvalue weighted by Crippen LogP contribution is 2.62. The van der Waals surface area contributed by atoms with Crippen LogP contribution in [0.25, 0.3) is 11.1 Å². The summed E-state index contributed by atoms with van der Waals surface area (Å²) in [5.74, 6) is 3.80. The number of hydrogen-bond donors (Lipinski definition) is 1. The first kappa shape index (κ1) is 22.4. The van der Waals surface area contributed by atoms with Crippen molar-refractivity contribution in [3.63, 3.8) is 0 Å². The molecule has 4 saturated carbocycles. The van der Waals surface area contributed by atoms with E-state index in [-0.39, 0.29) is 5.41 Å². The van der Waals surface area contributed by atoms with E-state index in [0.717, 1.165) is 51.4 Å². The lowest BCUT2D eigenvalue weighted by molar-refractivity contribution is -0.00616. The maximum Gasteiger partial charge on any atom is 0.128 e. The summed E-state index contributed by atoms with van der Waals surface area (Å²) in [6, 6.07) is 18.6. The Morgan fingerprint density at radius 2 is 1.60 bits per heavy atom. The molecular weight excluding hydrogens is 430 g/mol. The maximum atomic E-state index is 11.6. The van der Waals surface area contributed by atoms with Gasteiger partial charge in [0.15, 0.2) is 0 Å². The van der Waals surface area contributed by atoms with Gasteiger partial charge in [0, 0.05) is 28.5 Å². The summed E-state index contributed by atoms with van der Waals surface area (Å²) in [6.07, 6.45) is 9.78. The molecule has 0 heterocycles. The van der Waals surface area contributed by atoms with Crippen molar-refractivity contribution in [2.45, 2.75) is 57.8 Å². The van der Waals surface area contributed by atoms with E-state index in [0.29, 0.717) is 5.75 Å². The first-order valence-corrected chi connectivity index (χ1v) is 13.1. The predicted molar refractivity (Wildman–Crippen MR) is 143 cm³/mol. The molecule has 0 radical (unpaired) electrons. The number of aryl methyl sites for hydroxylation is 2. The lowest BCUT2D eigenvalue weighted by Gasteiger charge is -2.57. The van der Waals surface area contributed by atoms with Crippen molar-refractivity contribution in [2.75, 3.05) is 7.11 Å². The third-order valence-corrected chi connectivity index (χ3v) is 8.86. The maximum absolute atomic E-state index is 11.6. The van der Waals surface area contributed by atoms with Gasteiger partial charge in [0.2, 0.25) is 0 Å². The van der Waals surface area contributed by atoms with Crippen LogP contribution in [-0.2, 0) is 5.41 Å². The van der Waals surface area contributed by atoms with E-state index in [1.165, 1.54) is 49.7 Å². The smallest absolute Gasteiger partial charge is 0.128 e. The second-order valence-corrected chi connectivity index (χ2v) is 11.4. The van der Waals surface area contributed by atoms with Gasteiger partial charge in [-0.25, -0.2) is 0 Å². The highest BCUT2D eigenvalue weighted by atomic mass is 16.5. The Bertz CT molecular complexity index is 1270. The normalized spacial score (nSPS) is 27.0. The van der Waals surface area contributed by atoms with Gasteiger partial charge < -0.3 is 9.84 Å². The molecule has 4 aliphatic carbocycles. The van der Waals surface area contributed by atoms with Crippen molar-refractivity contribution in [1.29, 1.82) is 0 Å². The van der Waals surface area contributed by atoms with Gasteiger partial charge in [-0.2, -0.15) is 0 Å². The van der Waals surface area contributed by atoms with Gasteiger partial charge in [0.05, 0.1) is 12.8 Å². The Kier molecular flexibility index (Phi) is 5.47. The third kappa shape index (κ3) is 3.86. The summed E-state index contributed by atoms with van der Waals surface area (Å²) >= 11 is 0. The van der Waals surface area contributed by atoms with Crippen LogP contribution in [0.3, 0.4) is 0 Å². The summed E-state index contributed by atoms with van der Waals surface area (Å²) in [4.78, 5) is 4.94. The van der Waals surface area contributed by atoms with Crippen LogP contribution < -0.4 is 4.74 Å². The number of phenolic OH excluding ortho intramolecular Hbond substituents is 1. The largest absolute Gasteiger partial charge is 0.507 e. The molecule has 4 aliphatic rings. The van der Waals surface area contributed by atoms with Crippen molar-refractivity contribution in [1.82, 2.24) is 0 Å². The molecule has 4 fully saturated rings. The molecule has 0 aliphatic heterocycles. The van der Waals surface area contributed by atoms with Crippen LogP contribution >= 0.6 is 0 Å². The monoisotopic (exact) mass is 465 g/mol. The van der Waals surface area contributed by atoms with E-state index < -0.39 is 0 Å². The van der Waals surface area contributed by atoms with Gasteiger partial charge >= 0.3 is 0 Å². The van der Waals surface area contributed by atoms with E-state index in [1.54, 1.807) is 7.11 Å². The lowest BCUT2D eigenvalue weighted by atomic mass is 9.48. The Morgan fingerprint density at radius 1 is 0.914 bits per heavy atom. The minimum absolute atomic E-state index is 0.152. The number of benzene rings is 3. The van der Waals surface area contributed by atoms with E-state index >= 15 is 0 Å². The number of aliphatic imine (C=N–C) groups is 1. The van der Waals surface area contributed by atoms with Gasteiger partial charge in [0.1, 0.15) is 11.5 Å².